The molecule has 0 unspecified atom stereocenters. The van der Waals surface area contributed by atoms with Crippen LogP contribution in [0.4, 0.5) is 0 Å². The summed E-state index contributed by atoms with van der Waals surface area (Å²) in [7, 11) is 0. The van der Waals surface area contributed by atoms with E-state index >= 15 is 0 Å². The normalized spacial score (nSPS) is 11.4. The van der Waals surface area contributed by atoms with Crippen molar-refractivity contribution in [2.75, 3.05) is 0 Å². The van der Waals surface area contributed by atoms with Crippen LogP contribution in [0.1, 0.15) is 0 Å². The minimum atomic E-state index is 0.788. The fraction of sp³-hybridized carbons (Fsp3) is 0. The molecule has 0 aliphatic carbocycles. The van der Waals surface area contributed by atoms with Gasteiger partial charge in [0.2, 0.25) is 0 Å². The molecule has 0 aliphatic heterocycles. The Morgan fingerprint density at radius 3 is 1.75 bits per heavy atom. The van der Waals surface area contributed by atoms with Gasteiger partial charge in [-0.25, -0.2) is 9.97 Å². The molecule has 5 nitrogen and oxygen atoms in total. The summed E-state index contributed by atoms with van der Waals surface area (Å²) in [5.41, 5.74) is 12.0. The Bertz CT molecular complexity index is 2860. The third kappa shape index (κ3) is 5.43. The van der Waals surface area contributed by atoms with Crippen molar-refractivity contribution in [1.29, 1.82) is 0 Å². The first-order valence-electron chi connectivity index (χ1n) is 17.6. The average molecular weight is 679 g/mol. The second-order valence-electron chi connectivity index (χ2n) is 13.0. The minimum Gasteiger partial charge on any atom is -0.455 e. The van der Waals surface area contributed by atoms with Gasteiger partial charge in [0, 0.05) is 34.5 Å². The molecule has 0 atom stereocenters. The van der Waals surface area contributed by atoms with Crippen LogP contribution in [0.15, 0.2) is 187 Å². The molecule has 0 saturated carbocycles. The quantitative estimate of drug-likeness (QED) is 0.175. The van der Waals surface area contributed by atoms with Gasteiger partial charge in [0.25, 0.3) is 0 Å². The van der Waals surface area contributed by atoms with Gasteiger partial charge in [-0.3, -0.25) is 9.97 Å². The van der Waals surface area contributed by atoms with E-state index in [0.717, 1.165) is 94.9 Å². The Morgan fingerprint density at radius 1 is 0.415 bits per heavy atom. The van der Waals surface area contributed by atoms with Gasteiger partial charge in [-0.1, -0.05) is 121 Å². The summed E-state index contributed by atoms with van der Waals surface area (Å²) in [4.78, 5) is 19.5. The minimum absolute atomic E-state index is 0.788. The average Bonchev–Trinajstić information content (AvgIpc) is 3.65. The molecule has 0 spiro atoms. The van der Waals surface area contributed by atoms with Crippen LogP contribution in [-0.2, 0) is 0 Å². The van der Waals surface area contributed by atoms with Crippen LogP contribution in [0.5, 0.6) is 0 Å². The highest BCUT2D eigenvalue weighted by molar-refractivity contribution is 6.19. The molecule has 5 heteroatoms. The Labute approximate surface area is 305 Å². The monoisotopic (exact) mass is 678 g/mol. The van der Waals surface area contributed by atoms with E-state index in [9.17, 15) is 0 Å². The van der Waals surface area contributed by atoms with Gasteiger partial charge in [0.15, 0.2) is 0 Å². The topological polar surface area (TPSA) is 64.7 Å². The van der Waals surface area contributed by atoms with Gasteiger partial charge in [-0.05, 0) is 76.0 Å². The fourth-order valence-electron chi connectivity index (χ4n) is 7.30. The van der Waals surface area contributed by atoms with E-state index in [2.05, 4.69) is 125 Å². The SMILES string of the molecule is c1ccc(-c2nc3ccccc3c3oc(-c4ccc(-c5cc(-c6ccccn6)nc(-c6ccccn6)c5)cc4)c(-c4cccc5ccccc45)c23)cc1. The van der Waals surface area contributed by atoms with E-state index in [1.54, 1.807) is 12.4 Å². The van der Waals surface area contributed by atoms with E-state index in [-0.39, 0.29) is 0 Å². The molecule has 0 N–H and O–H groups in total. The van der Waals surface area contributed by atoms with Crippen LogP contribution in [0.2, 0.25) is 0 Å². The van der Waals surface area contributed by atoms with Crippen LogP contribution in [0.3, 0.4) is 0 Å². The number of rotatable bonds is 6. The summed E-state index contributed by atoms with van der Waals surface area (Å²) in [6, 6.07) is 58.2. The highest BCUT2D eigenvalue weighted by Crippen LogP contribution is 2.48. The largest absolute Gasteiger partial charge is 0.455 e. The Kier molecular flexibility index (Phi) is 7.40. The lowest BCUT2D eigenvalue weighted by atomic mass is 9.91. The van der Waals surface area contributed by atoms with Gasteiger partial charge in [0.05, 0.1) is 39.4 Å². The van der Waals surface area contributed by atoms with Gasteiger partial charge in [-0.15, -0.1) is 0 Å². The number of furan rings is 1. The van der Waals surface area contributed by atoms with Crippen LogP contribution in [-0.4, -0.2) is 19.9 Å². The zero-order valence-corrected chi connectivity index (χ0v) is 28.5. The molecule has 0 saturated heterocycles. The second-order valence-corrected chi connectivity index (χ2v) is 13.0. The van der Waals surface area contributed by atoms with Crippen molar-refractivity contribution in [2.24, 2.45) is 0 Å². The Hall–Kier alpha value is -7.24. The third-order valence-corrected chi connectivity index (χ3v) is 9.79. The van der Waals surface area contributed by atoms with Crippen LogP contribution < -0.4 is 0 Å². The molecule has 0 amide bonds. The highest BCUT2D eigenvalue weighted by atomic mass is 16.3. The number of hydrogen-bond acceptors (Lipinski definition) is 5. The maximum absolute atomic E-state index is 7.10. The van der Waals surface area contributed by atoms with Crippen LogP contribution in [0.25, 0.3) is 100 Å². The third-order valence-electron chi connectivity index (χ3n) is 9.79. The summed E-state index contributed by atoms with van der Waals surface area (Å²) in [6.07, 6.45) is 3.59. The number of pyridine rings is 4. The van der Waals surface area contributed by atoms with Gasteiger partial charge in [0.1, 0.15) is 11.3 Å². The predicted octanol–water partition coefficient (Wildman–Crippen LogP) is 12.3. The van der Waals surface area contributed by atoms with E-state index in [1.807, 2.05) is 54.6 Å². The summed E-state index contributed by atoms with van der Waals surface area (Å²) in [5.74, 6) is 0.802. The van der Waals surface area contributed by atoms with E-state index in [1.165, 1.54) is 5.39 Å². The first-order chi connectivity index (χ1) is 26.3. The van der Waals surface area contributed by atoms with Gasteiger partial charge >= 0.3 is 0 Å². The lowest BCUT2D eigenvalue weighted by Gasteiger charge is -2.12. The lowest BCUT2D eigenvalue weighted by Crippen LogP contribution is -1.94. The molecular formula is C48H30N4O. The lowest BCUT2D eigenvalue weighted by molar-refractivity contribution is 0.636. The number of fused-ring (bicyclic) bond motifs is 4. The molecule has 0 fully saturated rings. The molecule has 5 heterocycles. The maximum atomic E-state index is 7.10. The van der Waals surface area contributed by atoms with Crippen molar-refractivity contribution in [3.8, 4) is 67.6 Å². The molecule has 10 rings (SSSR count). The molecule has 5 aromatic heterocycles. The van der Waals surface area contributed by atoms with E-state index < -0.39 is 0 Å². The second kappa shape index (κ2) is 12.8. The standard InChI is InChI=1S/C48H30N4O/c1-2-14-33(15-3-1)46-45-44(37-19-12-16-32-13-4-5-17-36(32)37)47(53-48(45)38-18-6-7-20-39(38)52-46)34-25-23-31(24-26-34)35-29-42(40-21-8-10-27-49-40)51-43(30-35)41-22-9-11-28-50-41/h1-30H. The van der Waals surface area contributed by atoms with Gasteiger partial charge in [-0.2, -0.15) is 0 Å². The van der Waals surface area contributed by atoms with Crippen molar-refractivity contribution >= 4 is 32.6 Å². The van der Waals surface area contributed by atoms with E-state index in [4.69, 9.17) is 14.4 Å². The summed E-state index contributed by atoms with van der Waals surface area (Å²) in [5, 5.41) is 4.30. The molecule has 53 heavy (non-hydrogen) atoms. The Morgan fingerprint density at radius 2 is 1.04 bits per heavy atom. The van der Waals surface area contributed by atoms with Crippen molar-refractivity contribution in [2.45, 2.75) is 0 Å². The van der Waals surface area contributed by atoms with Crippen molar-refractivity contribution in [3.05, 3.63) is 182 Å². The molecule has 10 aromatic rings. The number of benzene rings is 5. The molecule has 248 valence electrons. The Balaban J connectivity index is 1.21. The van der Waals surface area contributed by atoms with Crippen LogP contribution in [0, 0.1) is 0 Å². The van der Waals surface area contributed by atoms with E-state index in [0.29, 0.717) is 0 Å². The molecule has 5 aromatic carbocycles. The highest BCUT2D eigenvalue weighted by Gasteiger charge is 2.25. The molecular weight excluding hydrogens is 649 g/mol. The zero-order valence-electron chi connectivity index (χ0n) is 28.5. The summed E-state index contributed by atoms with van der Waals surface area (Å²) in [6.45, 7) is 0. The number of aromatic nitrogens is 4. The maximum Gasteiger partial charge on any atom is 0.147 e. The van der Waals surface area contributed by atoms with Crippen molar-refractivity contribution in [1.82, 2.24) is 19.9 Å². The predicted molar refractivity (Wildman–Crippen MR) is 215 cm³/mol. The first-order valence-corrected chi connectivity index (χ1v) is 17.6. The van der Waals surface area contributed by atoms with Gasteiger partial charge < -0.3 is 4.42 Å². The summed E-state index contributed by atoms with van der Waals surface area (Å²) < 4.78 is 7.10. The number of hydrogen-bond donors (Lipinski definition) is 0. The zero-order chi connectivity index (χ0) is 35.1. The molecule has 0 bridgehead atoms. The summed E-state index contributed by atoms with van der Waals surface area (Å²) >= 11 is 0. The van der Waals surface area contributed by atoms with Crippen molar-refractivity contribution < 1.29 is 4.42 Å². The van der Waals surface area contributed by atoms with Crippen LogP contribution >= 0.6 is 0 Å². The first kappa shape index (κ1) is 30.6. The molecule has 0 aliphatic rings. The number of nitrogens with zero attached hydrogens (tertiary/aromatic N) is 4. The fourth-order valence-corrected chi connectivity index (χ4v) is 7.30. The molecule has 0 radical (unpaired) electrons. The smallest absolute Gasteiger partial charge is 0.147 e. The van der Waals surface area contributed by atoms with Crippen molar-refractivity contribution in [3.63, 3.8) is 0 Å². The number of para-hydroxylation sites is 1.